The maximum Gasteiger partial charge on any atom is 0.230 e. The van der Waals surface area contributed by atoms with Crippen LogP contribution in [0.3, 0.4) is 0 Å². The first-order chi connectivity index (χ1) is 5.36. The molecule has 5 heteroatoms. The van der Waals surface area contributed by atoms with Gasteiger partial charge in [-0.05, 0) is 0 Å². The van der Waals surface area contributed by atoms with Gasteiger partial charge >= 0.3 is 0 Å². The van der Waals surface area contributed by atoms with Gasteiger partial charge in [-0.15, -0.1) is 11.3 Å². The highest BCUT2D eigenvalue weighted by Gasteiger charge is 2.11. The van der Waals surface area contributed by atoms with Crippen LogP contribution in [-0.2, 0) is 11.2 Å². The average molecular weight is 167 g/mol. The first-order valence-electron chi connectivity index (χ1n) is 3.10. The Balaban J connectivity index is 2.44. The van der Waals surface area contributed by atoms with Crippen molar-refractivity contribution < 1.29 is 4.79 Å². The maximum atomic E-state index is 10.9. The number of amides is 1. The van der Waals surface area contributed by atoms with E-state index in [-0.39, 0.29) is 5.91 Å². The summed E-state index contributed by atoms with van der Waals surface area (Å²) in [6.07, 6.45) is 1.77. The van der Waals surface area contributed by atoms with E-state index in [4.69, 9.17) is 0 Å². The molecular weight excluding hydrogens is 162 g/mol. The van der Waals surface area contributed by atoms with Crippen molar-refractivity contribution in [2.24, 2.45) is 4.99 Å². The van der Waals surface area contributed by atoms with Crippen molar-refractivity contribution in [2.75, 3.05) is 0 Å². The second-order valence-corrected chi connectivity index (χ2v) is 3.04. The fraction of sp³-hybridized carbons (Fsp3) is 0.167. The summed E-state index contributed by atoms with van der Waals surface area (Å²) in [7, 11) is 0. The summed E-state index contributed by atoms with van der Waals surface area (Å²) in [4.78, 5) is 19.8. The molecule has 56 valence electrons. The van der Waals surface area contributed by atoms with Crippen molar-refractivity contribution in [2.45, 2.75) is 6.42 Å². The molecule has 1 N–H and O–H groups in total. The summed E-state index contributed by atoms with van der Waals surface area (Å²) >= 11 is 1.46. The van der Waals surface area contributed by atoms with Crippen LogP contribution in [0, 0.1) is 0 Å². The van der Waals surface area contributed by atoms with Crippen LogP contribution in [0.25, 0.3) is 0 Å². The second-order valence-electron chi connectivity index (χ2n) is 2.10. The van der Waals surface area contributed by atoms with Crippen LogP contribution in [0.4, 0.5) is 5.82 Å². The smallest absolute Gasteiger partial charge is 0.230 e. The molecule has 0 radical (unpaired) electrons. The fourth-order valence-corrected chi connectivity index (χ4v) is 1.56. The lowest BCUT2D eigenvalue weighted by molar-refractivity contribution is -0.118. The van der Waals surface area contributed by atoms with Gasteiger partial charge in [0.1, 0.15) is 0 Å². The molecule has 0 bridgehead atoms. The van der Waals surface area contributed by atoms with Gasteiger partial charge in [0.25, 0.3) is 0 Å². The Morgan fingerprint density at radius 1 is 1.64 bits per heavy atom. The van der Waals surface area contributed by atoms with Crippen LogP contribution < -0.4 is 5.32 Å². The van der Waals surface area contributed by atoms with Crippen LogP contribution in [0.2, 0.25) is 0 Å². The van der Waals surface area contributed by atoms with Gasteiger partial charge in [-0.2, -0.15) is 0 Å². The van der Waals surface area contributed by atoms with Gasteiger partial charge in [0.15, 0.2) is 5.82 Å². The standard InChI is InChI=1S/C6H5N3OS/c10-5-1-4-6(8-2-7-5)9-3-11-4/h2-3H,1H2,(H,7,8,10). The lowest BCUT2D eigenvalue weighted by Gasteiger charge is -1.90. The summed E-state index contributed by atoms with van der Waals surface area (Å²) in [6.45, 7) is 0. The number of carbonyl (C=O) groups is 1. The Hall–Kier alpha value is -1.23. The van der Waals surface area contributed by atoms with E-state index in [2.05, 4.69) is 15.3 Å². The molecule has 0 atom stereocenters. The highest BCUT2D eigenvalue weighted by molar-refractivity contribution is 7.10. The van der Waals surface area contributed by atoms with E-state index >= 15 is 0 Å². The number of hydrogen-bond donors (Lipinski definition) is 1. The third-order valence-electron chi connectivity index (χ3n) is 1.35. The van der Waals surface area contributed by atoms with Crippen molar-refractivity contribution in [1.82, 2.24) is 10.3 Å². The molecule has 0 spiro atoms. The number of aromatic nitrogens is 1. The van der Waals surface area contributed by atoms with Gasteiger partial charge in [0, 0.05) is 0 Å². The number of fused-ring (bicyclic) bond motifs is 1. The lowest BCUT2D eigenvalue weighted by Crippen LogP contribution is -2.21. The Labute approximate surface area is 67.0 Å². The molecule has 0 saturated heterocycles. The van der Waals surface area contributed by atoms with E-state index in [1.165, 1.54) is 17.7 Å². The third-order valence-corrected chi connectivity index (χ3v) is 2.18. The summed E-state index contributed by atoms with van der Waals surface area (Å²) in [5.41, 5.74) is 1.70. The quantitative estimate of drug-likeness (QED) is 0.610. The zero-order chi connectivity index (χ0) is 7.68. The number of hydrogen-bond acceptors (Lipinski definition) is 4. The molecule has 1 aliphatic heterocycles. The molecule has 2 rings (SSSR count). The largest absolute Gasteiger partial charge is 0.316 e. The first kappa shape index (κ1) is 6.48. The van der Waals surface area contributed by atoms with Crippen LogP contribution in [-0.4, -0.2) is 17.2 Å². The number of thiazole rings is 1. The van der Waals surface area contributed by atoms with Gasteiger partial charge in [-0.1, -0.05) is 0 Å². The van der Waals surface area contributed by atoms with E-state index in [0.717, 1.165) is 4.88 Å². The molecule has 0 fully saturated rings. The van der Waals surface area contributed by atoms with Crippen LogP contribution in [0.1, 0.15) is 4.88 Å². The van der Waals surface area contributed by atoms with E-state index < -0.39 is 0 Å². The Morgan fingerprint density at radius 3 is 3.45 bits per heavy atom. The molecule has 1 amide bonds. The Kier molecular flexibility index (Phi) is 1.43. The molecule has 0 unspecified atom stereocenters. The van der Waals surface area contributed by atoms with Gasteiger partial charge in [0.05, 0.1) is 23.1 Å². The van der Waals surface area contributed by atoms with Crippen molar-refractivity contribution in [3.8, 4) is 0 Å². The highest BCUT2D eigenvalue weighted by Crippen LogP contribution is 2.22. The zero-order valence-corrected chi connectivity index (χ0v) is 6.39. The van der Waals surface area contributed by atoms with Crippen molar-refractivity contribution in [3.63, 3.8) is 0 Å². The number of nitrogens with one attached hydrogen (secondary N) is 1. The predicted molar refractivity (Wildman–Crippen MR) is 42.1 cm³/mol. The van der Waals surface area contributed by atoms with E-state index in [0.29, 0.717) is 12.2 Å². The minimum absolute atomic E-state index is 0.0308. The monoisotopic (exact) mass is 167 g/mol. The molecule has 0 aliphatic carbocycles. The molecule has 1 aromatic rings. The SMILES string of the molecule is O=C1Cc2scnc2N=CN1. The lowest BCUT2D eigenvalue weighted by atomic mass is 10.3. The fourth-order valence-electron chi connectivity index (χ4n) is 0.853. The summed E-state index contributed by atoms with van der Waals surface area (Å²) in [5.74, 6) is 0.630. The first-order valence-corrected chi connectivity index (χ1v) is 3.98. The molecule has 4 nitrogen and oxygen atoms in total. The normalized spacial score (nSPS) is 15.5. The zero-order valence-electron chi connectivity index (χ0n) is 5.57. The third kappa shape index (κ3) is 1.14. The Bertz CT molecular complexity index is 317. The number of carbonyl (C=O) groups excluding carboxylic acids is 1. The van der Waals surface area contributed by atoms with Gasteiger partial charge in [-0.25, -0.2) is 9.98 Å². The van der Waals surface area contributed by atoms with E-state index in [1.54, 1.807) is 5.51 Å². The Morgan fingerprint density at radius 2 is 2.55 bits per heavy atom. The summed E-state index contributed by atoms with van der Waals surface area (Å²) < 4.78 is 0. The second kappa shape index (κ2) is 2.43. The molecule has 1 aliphatic rings. The topological polar surface area (TPSA) is 54.4 Å². The van der Waals surface area contributed by atoms with Crippen LogP contribution in [0.5, 0.6) is 0 Å². The van der Waals surface area contributed by atoms with Gasteiger partial charge in [0.2, 0.25) is 5.91 Å². The average Bonchev–Trinajstić information content (AvgIpc) is 2.31. The van der Waals surface area contributed by atoms with Crippen molar-refractivity contribution >= 4 is 29.4 Å². The van der Waals surface area contributed by atoms with Crippen molar-refractivity contribution in [3.05, 3.63) is 10.4 Å². The summed E-state index contributed by atoms with van der Waals surface area (Å²) in [5, 5.41) is 2.51. The number of aliphatic imine (C=N–C) groups is 1. The predicted octanol–water partition coefficient (Wildman–Crippen LogP) is 0.475. The van der Waals surface area contributed by atoms with Crippen LogP contribution >= 0.6 is 11.3 Å². The molecule has 11 heavy (non-hydrogen) atoms. The molecular formula is C6H5N3OS. The number of rotatable bonds is 0. The maximum absolute atomic E-state index is 10.9. The van der Waals surface area contributed by atoms with Crippen LogP contribution in [0.15, 0.2) is 10.5 Å². The molecule has 0 saturated carbocycles. The molecule has 1 aromatic heterocycles. The van der Waals surface area contributed by atoms with Crippen molar-refractivity contribution in [1.29, 1.82) is 0 Å². The number of nitrogens with zero attached hydrogens (tertiary/aromatic N) is 2. The molecule has 2 heterocycles. The van der Waals surface area contributed by atoms with Gasteiger partial charge < -0.3 is 5.32 Å². The van der Waals surface area contributed by atoms with Gasteiger partial charge in [-0.3, -0.25) is 4.79 Å². The van der Waals surface area contributed by atoms with E-state index in [9.17, 15) is 4.79 Å². The van der Waals surface area contributed by atoms with E-state index in [1.807, 2.05) is 0 Å². The minimum Gasteiger partial charge on any atom is -0.316 e. The summed E-state index contributed by atoms with van der Waals surface area (Å²) in [6, 6.07) is 0. The minimum atomic E-state index is -0.0308. The molecule has 0 aromatic carbocycles. The highest BCUT2D eigenvalue weighted by atomic mass is 32.1.